The Labute approximate surface area is 189 Å². The second-order valence-corrected chi connectivity index (χ2v) is 8.75. The third kappa shape index (κ3) is 4.80. The SMILES string of the molecule is CCN(CC(=O)N1CCCCC1c1nc(-c2cccc(Cl)c2)no1)C(=O)c1cccs1. The Morgan fingerprint density at radius 3 is 2.90 bits per heavy atom. The molecule has 1 fully saturated rings. The number of halogens is 1. The summed E-state index contributed by atoms with van der Waals surface area (Å²) in [6.07, 6.45) is 2.62. The van der Waals surface area contributed by atoms with E-state index in [1.165, 1.54) is 11.3 Å². The molecule has 0 bridgehead atoms. The van der Waals surface area contributed by atoms with Gasteiger partial charge in [0.1, 0.15) is 12.6 Å². The number of likely N-dealkylation sites (N-methyl/N-ethyl adjacent to an activating group) is 1. The molecule has 162 valence electrons. The standard InChI is InChI=1S/C22H23ClN4O3S/c1-2-26(22(29)18-10-6-12-31-18)14-19(28)27-11-4-3-9-17(27)21-24-20(25-30-21)15-7-5-8-16(23)13-15/h5-8,10,12-13,17H,2-4,9,11,14H2,1H3. The minimum atomic E-state index is -0.294. The number of carbonyl (C=O) groups excluding carboxylic acids is 2. The lowest BCUT2D eigenvalue weighted by Crippen LogP contribution is -2.46. The maximum Gasteiger partial charge on any atom is 0.264 e. The van der Waals surface area contributed by atoms with Gasteiger partial charge in [-0.05, 0) is 49.8 Å². The van der Waals surface area contributed by atoms with Gasteiger partial charge in [-0.15, -0.1) is 11.3 Å². The number of hydrogen-bond donors (Lipinski definition) is 0. The lowest BCUT2D eigenvalue weighted by atomic mass is 10.0. The highest BCUT2D eigenvalue weighted by atomic mass is 35.5. The maximum absolute atomic E-state index is 13.2. The highest BCUT2D eigenvalue weighted by molar-refractivity contribution is 7.12. The second-order valence-electron chi connectivity index (χ2n) is 7.36. The Hall–Kier alpha value is -2.71. The Morgan fingerprint density at radius 1 is 1.29 bits per heavy atom. The van der Waals surface area contributed by atoms with E-state index >= 15 is 0 Å². The van der Waals surface area contributed by atoms with Gasteiger partial charge < -0.3 is 14.3 Å². The van der Waals surface area contributed by atoms with Crippen LogP contribution in [-0.2, 0) is 4.79 Å². The van der Waals surface area contributed by atoms with Crippen molar-refractivity contribution in [3.63, 3.8) is 0 Å². The molecule has 1 unspecified atom stereocenters. The molecule has 1 saturated heterocycles. The van der Waals surface area contributed by atoms with Gasteiger partial charge in [0, 0.05) is 23.7 Å². The number of nitrogens with zero attached hydrogens (tertiary/aromatic N) is 4. The van der Waals surface area contributed by atoms with Crippen LogP contribution >= 0.6 is 22.9 Å². The van der Waals surface area contributed by atoms with Crippen molar-refractivity contribution in [3.05, 3.63) is 57.6 Å². The third-order valence-corrected chi connectivity index (χ3v) is 6.45. The van der Waals surface area contributed by atoms with Crippen LogP contribution < -0.4 is 0 Å². The van der Waals surface area contributed by atoms with E-state index in [-0.39, 0.29) is 24.4 Å². The van der Waals surface area contributed by atoms with Gasteiger partial charge in [-0.25, -0.2) is 0 Å². The van der Waals surface area contributed by atoms with Gasteiger partial charge in [0.05, 0.1) is 4.88 Å². The Kier molecular flexibility index (Phi) is 6.67. The topological polar surface area (TPSA) is 79.5 Å². The largest absolute Gasteiger partial charge is 0.337 e. The van der Waals surface area contributed by atoms with Gasteiger partial charge in [-0.2, -0.15) is 4.98 Å². The molecule has 1 aliphatic heterocycles. The smallest absolute Gasteiger partial charge is 0.264 e. The van der Waals surface area contributed by atoms with Gasteiger partial charge in [0.2, 0.25) is 17.6 Å². The Balaban J connectivity index is 1.51. The summed E-state index contributed by atoms with van der Waals surface area (Å²) in [6.45, 7) is 2.96. The van der Waals surface area contributed by atoms with Crippen LogP contribution in [0.4, 0.5) is 0 Å². The molecule has 7 nitrogen and oxygen atoms in total. The van der Waals surface area contributed by atoms with Gasteiger partial charge in [0.15, 0.2) is 0 Å². The third-order valence-electron chi connectivity index (χ3n) is 5.36. The van der Waals surface area contributed by atoms with Gasteiger partial charge in [-0.3, -0.25) is 9.59 Å². The van der Waals surface area contributed by atoms with Crippen molar-refractivity contribution in [1.82, 2.24) is 19.9 Å². The predicted molar refractivity (Wildman–Crippen MR) is 119 cm³/mol. The maximum atomic E-state index is 13.2. The number of piperidine rings is 1. The first-order chi connectivity index (χ1) is 15.1. The molecule has 0 spiro atoms. The van der Waals surface area contributed by atoms with Crippen molar-refractivity contribution in [2.24, 2.45) is 0 Å². The van der Waals surface area contributed by atoms with Crippen LogP contribution in [0, 0.1) is 0 Å². The van der Waals surface area contributed by atoms with E-state index in [0.29, 0.717) is 34.7 Å². The van der Waals surface area contributed by atoms with Crippen molar-refractivity contribution in [1.29, 1.82) is 0 Å². The summed E-state index contributed by atoms with van der Waals surface area (Å²) in [5.74, 6) is 0.619. The van der Waals surface area contributed by atoms with E-state index in [2.05, 4.69) is 10.1 Å². The fourth-order valence-corrected chi connectivity index (χ4v) is 4.62. The Morgan fingerprint density at radius 2 is 2.16 bits per heavy atom. The van der Waals surface area contributed by atoms with Gasteiger partial charge in [-0.1, -0.05) is 35.0 Å². The van der Waals surface area contributed by atoms with Crippen LogP contribution in [0.25, 0.3) is 11.4 Å². The average molecular weight is 459 g/mol. The summed E-state index contributed by atoms with van der Waals surface area (Å²) in [7, 11) is 0. The van der Waals surface area contributed by atoms with Crippen molar-refractivity contribution >= 4 is 34.8 Å². The molecule has 0 aliphatic carbocycles. The number of carbonyl (C=O) groups is 2. The minimum absolute atomic E-state index is 0.0268. The summed E-state index contributed by atoms with van der Waals surface area (Å²) in [5.41, 5.74) is 0.759. The summed E-state index contributed by atoms with van der Waals surface area (Å²) in [4.78, 5) is 34.4. The molecular weight excluding hydrogens is 436 g/mol. The first kappa shape index (κ1) is 21.5. The molecular formula is C22H23ClN4O3S. The van der Waals surface area contributed by atoms with Gasteiger partial charge >= 0.3 is 0 Å². The first-order valence-corrected chi connectivity index (χ1v) is 11.5. The van der Waals surface area contributed by atoms with E-state index in [4.69, 9.17) is 16.1 Å². The highest BCUT2D eigenvalue weighted by Crippen LogP contribution is 2.31. The minimum Gasteiger partial charge on any atom is -0.337 e. The molecule has 0 saturated carbocycles. The summed E-state index contributed by atoms with van der Waals surface area (Å²) < 4.78 is 5.54. The summed E-state index contributed by atoms with van der Waals surface area (Å²) in [5, 5.41) is 6.54. The van der Waals surface area contributed by atoms with Crippen molar-refractivity contribution in [3.8, 4) is 11.4 Å². The molecule has 4 rings (SSSR count). The van der Waals surface area contributed by atoms with Crippen molar-refractivity contribution in [2.45, 2.75) is 32.2 Å². The van der Waals surface area contributed by atoms with Crippen LogP contribution in [-0.4, -0.2) is 51.4 Å². The van der Waals surface area contributed by atoms with E-state index in [1.54, 1.807) is 28.0 Å². The number of thiophene rings is 1. The van der Waals surface area contributed by atoms with E-state index < -0.39 is 0 Å². The number of aromatic nitrogens is 2. The number of rotatable bonds is 6. The number of hydrogen-bond acceptors (Lipinski definition) is 6. The molecule has 31 heavy (non-hydrogen) atoms. The first-order valence-electron chi connectivity index (χ1n) is 10.3. The van der Waals surface area contributed by atoms with Crippen LogP contribution in [0.2, 0.25) is 5.02 Å². The lowest BCUT2D eigenvalue weighted by molar-refractivity contribution is -0.136. The number of likely N-dealkylation sites (tertiary alicyclic amines) is 1. The zero-order valence-electron chi connectivity index (χ0n) is 17.2. The van der Waals surface area contributed by atoms with Crippen LogP contribution in [0.5, 0.6) is 0 Å². The van der Waals surface area contributed by atoms with Crippen LogP contribution in [0.15, 0.2) is 46.3 Å². The average Bonchev–Trinajstić information content (AvgIpc) is 3.49. The molecule has 1 aliphatic rings. The number of amides is 2. The molecule has 3 aromatic rings. The van der Waals surface area contributed by atoms with E-state index in [0.717, 1.165) is 24.8 Å². The fraction of sp³-hybridized carbons (Fsp3) is 0.364. The van der Waals surface area contributed by atoms with E-state index in [1.807, 2.05) is 30.5 Å². The monoisotopic (exact) mass is 458 g/mol. The van der Waals surface area contributed by atoms with Crippen molar-refractivity contribution < 1.29 is 14.1 Å². The second kappa shape index (κ2) is 9.62. The molecule has 0 N–H and O–H groups in total. The molecule has 1 atom stereocenters. The Bertz CT molecular complexity index is 1050. The molecule has 9 heteroatoms. The zero-order chi connectivity index (χ0) is 21.8. The quantitative estimate of drug-likeness (QED) is 0.536. The number of benzene rings is 1. The van der Waals surface area contributed by atoms with Crippen molar-refractivity contribution in [2.75, 3.05) is 19.6 Å². The normalized spacial score (nSPS) is 16.3. The van der Waals surface area contributed by atoms with E-state index in [9.17, 15) is 9.59 Å². The van der Waals surface area contributed by atoms with Crippen LogP contribution in [0.1, 0.15) is 47.8 Å². The highest BCUT2D eigenvalue weighted by Gasteiger charge is 2.33. The lowest BCUT2D eigenvalue weighted by Gasteiger charge is -2.34. The van der Waals surface area contributed by atoms with Gasteiger partial charge in [0.25, 0.3) is 5.91 Å². The summed E-state index contributed by atoms with van der Waals surface area (Å²) in [6, 6.07) is 10.6. The molecule has 0 radical (unpaired) electrons. The summed E-state index contributed by atoms with van der Waals surface area (Å²) >= 11 is 7.45. The predicted octanol–water partition coefficient (Wildman–Crippen LogP) is 4.67. The molecule has 1 aromatic carbocycles. The fourth-order valence-electron chi connectivity index (χ4n) is 3.74. The van der Waals surface area contributed by atoms with Crippen LogP contribution in [0.3, 0.4) is 0 Å². The molecule has 3 heterocycles. The molecule has 2 aromatic heterocycles. The molecule has 2 amide bonds. The zero-order valence-corrected chi connectivity index (χ0v) is 18.7.